The third kappa shape index (κ3) is 2.71. The van der Waals surface area contributed by atoms with Gasteiger partial charge < -0.3 is 19.3 Å². The van der Waals surface area contributed by atoms with Crippen molar-refractivity contribution in [3.63, 3.8) is 0 Å². The summed E-state index contributed by atoms with van der Waals surface area (Å²) in [6.45, 7) is 18.9. The van der Waals surface area contributed by atoms with Gasteiger partial charge in [0.2, 0.25) is 0 Å². The quantitative estimate of drug-likeness (QED) is 0.426. The van der Waals surface area contributed by atoms with Crippen molar-refractivity contribution in [1.82, 2.24) is 0 Å². The van der Waals surface area contributed by atoms with Crippen LogP contribution in [0.1, 0.15) is 113 Å². The Bertz CT molecular complexity index is 1010. The Morgan fingerprint density at radius 1 is 0.972 bits per heavy atom. The summed E-state index contributed by atoms with van der Waals surface area (Å²) >= 11 is 0. The molecule has 7 rings (SSSR count). The second-order valence-electron chi connectivity index (χ2n) is 16.0. The summed E-state index contributed by atoms with van der Waals surface area (Å²) in [5.74, 6) is 1.39. The molecule has 0 radical (unpaired) electrons. The molecule has 202 valence electrons. The second-order valence-corrected chi connectivity index (χ2v) is 16.0. The second kappa shape index (κ2) is 7.01. The average molecular weight is 499 g/mol. The van der Waals surface area contributed by atoms with Gasteiger partial charge in [0.1, 0.15) is 0 Å². The molecule has 0 amide bonds. The van der Waals surface area contributed by atoms with Crippen LogP contribution in [-0.4, -0.2) is 40.4 Å². The zero-order valence-corrected chi connectivity index (χ0v) is 24.1. The summed E-state index contributed by atoms with van der Waals surface area (Å²) in [7, 11) is 0. The van der Waals surface area contributed by atoms with Gasteiger partial charge >= 0.3 is 0 Å². The van der Waals surface area contributed by atoms with Gasteiger partial charge in [0, 0.05) is 23.7 Å². The molecule has 0 aromatic carbocycles. The lowest BCUT2D eigenvalue weighted by atomic mass is 9.51. The van der Waals surface area contributed by atoms with E-state index in [1.54, 1.807) is 11.1 Å². The highest BCUT2D eigenvalue weighted by atomic mass is 16.8. The fraction of sp³-hybridized carbons (Fsp3) is 0.938. The standard InChI is InChI=1S/C32H50O4/c1-18-15-22-23(17-27(3,4)33)35-32(34-22)19(2)30(8)21-9-10-24-28(5,6)25-12-14-31(24,36-25)16-20(21)11-13-29(30,7)26(18)32/h18-19,22-26,33H,9-17H2,1-8H3/t18-,19-,22-,23-,24?,25-,26-,29-,30+,31+,32-/m1/s1. The van der Waals surface area contributed by atoms with E-state index in [-0.39, 0.29) is 34.1 Å². The van der Waals surface area contributed by atoms with Gasteiger partial charge in [-0.05, 0) is 87.9 Å². The number of ether oxygens (including phenoxy) is 3. The lowest BCUT2D eigenvalue weighted by Gasteiger charge is -2.53. The molecule has 4 nitrogen and oxygen atoms in total. The number of hydrogen-bond acceptors (Lipinski definition) is 4. The van der Waals surface area contributed by atoms with Gasteiger partial charge in [0.05, 0.1) is 29.5 Å². The number of hydrogen-bond donors (Lipinski definition) is 1. The molecule has 7 aliphatic rings. The van der Waals surface area contributed by atoms with E-state index in [0.29, 0.717) is 36.2 Å². The summed E-state index contributed by atoms with van der Waals surface area (Å²) in [6.07, 6.45) is 10.8. The summed E-state index contributed by atoms with van der Waals surface area (Å²) in [5.41, 5.74) is 3.33. The minimum atomic E-state index is -0.747. The summed E-state index contributed by atoms with van der Waals surface area (Å²) < 4.78 is 21.1. The average Bonchev–Trinajstić information content (AvgIpc) is 3.35. The zero-order valence-electron chi connectivity index (χ0n) is 24.1. The van der Waals surface area contributed by atoms with Crippen molar-refractivity contribution in [1.29, 1.82) is 0 Å². The van der Waals surface area contributed by atoms with E-state index < -0.39 is 11.4 Å². The highest BCUT2D eigenvalue weighted by molar-refractivity contribution is 5.39. The molecule has 0 aromatic heterocycles. The molecule has 1 N–H and O–H groups in total. The van der Waals surface area contributed by atoms with Crippen molar-refractivity contribution in [3.05, 3.63) is 11.1 Å². The van der Waals surface area contributed by atoms with Crippen LogP contribution in [0.5, 0.6) is 0 Å². The van der Waals surface area contributed by atoms with Crippen molar-refractivity contribution < 1.29 is 19.3 Å². The largest absolute Gasteiger partial charge is 0.390 e. The van der Waals surface area contributed by atoms with Crippen LogP contribution in [0.2, 0.25) is 0 Å². The number of allylic oxidation sites excluding steroid dienone is 1. The summed E-state index contributed by atoms with van der Waals surface area (Å²) in [4.78, 5) is 0. The van der Waals surface area contributed by atoms with Crippen LogP contribution in [-0.2, 0) is 14.2 Å². The molecule has 4 heterocycles. The molecule has 1 saturated carbocycles. The molecule has 5 fully saturated rings. The van der Waals surface area contributed by atoms with Crippen LogP contribution in [0, 0.1) is 39.9 Å². The molecule has 4 aliphatic heterocycles. The number of rotatable bonds is 2. The molecule has 4 saturated heterocycles. The van der Waals surface area contributed by atoms with Crippen molar-refractivity contribution in [2.45, 2.75) is 148 Å². The fourth-order valence-electron chi connectivity index (χ4n) is 11.9. The first-order valence-electron chi connectivity index (χ1n) is 15.2. The Hall–Kier alpha value is -0.420. The summed E-state index contributed by atoms with van der Waals surface area (Å²) in [5, 5.41) is 10.7. The van der Waals surface area contributed by atoms with Gasteiger partial charge in [-0.1, -0.05) is 52.7 Å². The molecular weight excluding hydrogens is 448 g/mol. The topological polar surface area (TPSA) is 47.9 Å². The molecule has 11 atom stereocenters. The third-order valence-electron chi connectivity index (χ3n) is 13.5. The molecule has 0 aromatic rings. The lowest BCUT2D eigenvalue weighted by Crippen LogP contribution is -2.50. The van der Waals surface area contributed by atoms with Crippen LogP contribution in [0.4, 0.5) is 0 Å². The minimum Gasteiger partial charge on any atom is -0.390 e. The molecule has 3 aliphatic carbocycles. The van der Waals surface area contributed by atoms with E-state index in [0.717, 1.165) is 12.8 Å². The van der Waals surface area contributed by atoms with Gasteiger partial charge in [-0.25, -0.2) is 0 Å². The predicted molar refractivity (Wildman–Crippen MR) is 140 cm³/mol. The maximum Gasteiger partial charge on any atom is 0.176 e. The molecular formula is C32H50O4. The third-order valence-corrected chi connectivity index (χ3v) is 13.5. The monoisotopic (exact) mass is 498 g/mol. The maximum atomic E-state index is 10.7. The highest BCUT2D eigenvalue weighted by Crippen LogP contribution is 2.77. The van der Waals surface area contributed by atoms with Crippen LogP contribution in [0.3, 0.4) is 0 Å². The van der Waals surface area contributed by atoms with E-state index in [1.165, 1.54) is 38.5 Å². The first-order chi connectivity index (χ1) is 16.7. The predicted octanol–water partition coefficient (Wildman–Crippen LogP) is 6.79. The highest BCUT2D eigenvalue weighted by Gasteiger charge is 2.78. The van der Waals surface area contributed by atoms with Crippen LogP contribution in [0.25, 0.3) is 0 Å². The zero-order chi connectivity index (χ0) is 25.7. The van der Waals surface area contributed by atoms with E-state index >= 15 is 0 Å². The molecule has 4 heteroatoms. The van der Waals surface area contributed by atoms with E-state index in [9.17, 15) is 5.11 Å². The smallest absolute Gasteiger partial charge is 0.176 e. The van der Waals surface area contributed by atoms with Crippen molar-refractivity contribution in [2.75, 3.05) is 0 Å². The Morgan fingerprint density at radius 3 is 2.44 bits per heavy atom. The fourth-order valence-corrected chi connectivity index (χ4v) is 11.9. The van der Waals surface area contributed by atoms with Crippen molar-refractivity contribution in [2.24, 2.45) is 39.9 Å². The molecule has 2 spiro atoms. The Balaban J connectivity index is 1.31. The van der Waals surface area contributed by atoms with Crippen LogP contribution in [0.15, 0.2) is 11.1 Å². The maximum absolute atomic E-state index is 10.7. The van der Waals surface area contributed by atoms with Gasteiger partial charge in [0.25, 0.3) is 0 Å². The molecule has 36 heavy (non-hydrogen) atoms. The first kappa shape index (κ1) is 24.6. The van der Waals surface area contributed by atoms with E-state index in [1.807, 2.05) is 13.8 Å². The summed E-state index contributed by atoms with van der Waals surface area (Å²) in [6, 6.07) is 0. The first-order valence-corrected chi connectivity index (χ1v) is 15.2. The van der Waals surface area contributed by atoms with Gasteiger partial charge in [-0.15, -0.1) is 0 Å². The number of fused-ring (bicyclic) bond motifs is 5. The Labute approximate surface area is 218 Å². The number of aliphatic hydroxyl groups is 1. The van der Waals surface area contributed by atoms with E-state index in [4.69, 9.17) is 14.2 Å². The Kier molecular flexibility index (Phi) is 4.79. The SMILES string of the molecule is C[C@@H]1C[C@H]2O[C@]3(O[C@@H]2CC(C)(C)O)[C@H]1[C@@]1(C)CCC2=C(CCC4C(C)(C)[C@H]5CC[C@@]4(C2)O5)[C@]1(C)[C@H]3C. The van der Waals surface area contributed by atoms with E-state index in [2.05, 4.69) is 41.5 Å². The minimum absolute atomic E-state index is 0.0160. The van der Waals surface area contributed by atoms with Crippen molar-refractivity contribution >= 4 is 0 Å². The van der Waals surface area contributed by atoms with Crippen molar-refractivity contribution in [3.8, 4) is 0 Å². The van der Waals surface area contributed by atoms with Gasteiger partial charge in [-0.3, -0.25) is 0 Å². The van der Waals surface area contributed by atoms with Crippen LogP contribution < -0.4 is 0 Å². The molecule has 1 unspecified atom stereocenters. The lowest BCUT2D eigenvalue weighted by molar-refractivity contribution is -0.259. The molecule has 4 bridgehead atoms. The van der Waals surface area contributed by atoms with Gasteiger partial charge in [0.15, 0.2) is 5.79 Å². The Morgan fingerprint density at radius 2 is 1.72 bits per heavy atom. The van der Waals surface area contributed by atoms with Crippen LogP contribution >= 0.6 is 0 Å². The van der Waals surface area contributed by atoms with Gasteiger partial charge in [-0.2, -0.15) is 0 Å². The normalized spacial score (nSPS) is 56.8.